The zero-order valence-corrected chi connectivity index (χ0v) is 12.9. The summed E-state index contributed by atoms with van der Waals surface area (Å²) in [7, 11) is 1.85. The average molecular weight is 307 g/mol. The first-order valence-corrected chi connectivity index (χ1v) is 8.02. The SMILES string of the molecule is CSCCC(=O)NC(c1cccc(F)c1)c1nccn1C. The van der Waals surface area contributed by atoms with Crippen molar-refractivity contribution in [1.29, 1.82) is 0 Å². The number of hydrogen-bond donors (Lipinski definition) is 1. The first-order chi connectivity index (χ1) is 10.1. The van der Waals surface area contributed by atoms with E-state index in [0.29, 0.717) is 17.8 Å². The van der Waals surface area contributed by atoms with Crippen molar-refractivity contribution in [2.75, 3.05) is 12.0 Å². The number of benzene rings is 1. The Labute approximate surface area is 127 Å². The number of carbonyl (C=O) groups is 1. The highest BCUT2D eigenvalue weighted by Gasteiger charge is 2.20. The Morgan fingerprint density at radius 1 is 1.52 bits per heavy atom. The molecule has 21 heavy (non-hydrogen) atoms. The molecule has 0 saturated carbocycles. The van der Waals surface area contributed by atoms with Gasteiger partial charge in [0.05, 0.1) is 0 Å². The molecule has 0 spiro atoms. The molecule has 0 aliphatic heterocycles. The van der Waals surface area contributed by atoms with E-state index in [1.165, 1.54) is 12.1 Å². The van der Waals surface area contributed by atoms with E-state index < -0.39 is 6.04 Å². The Morgan fingerprint density at radius 3 is 2.95 bits per heavy atom. The van der Waals surface area contributed by atoms with Crippen molar-refractivity contribution in [3.63, 3.8) is 0 Å². The minimum Gasteiger partial charge on any atom is -0.342 e. The van der Waals surface area contributed by atoms with Crippen LogP contribution >= 0.6 is 11.8 Å². The van der Waals surface area contributed by atoms with Gasteiger partial charge in [0.2, 0.25) is 5.91 Å². The zero-order valence-electron chi connectivity index (χ0n) is 12.0. The highest BCUT2D eigenvalue weighted by atomic mass is 32.2. The molecule has 0 bridgehead atoms. The lowest BCUT2D eigenvalue weighted by Crippen LogP contribution is -2.31. The smallest absolute Gasteiger partial charge is 0.221 e. The van der Waals surface area contributed by atoms with Crippen molar-refractivity contribution in [3.8, 4) is 0 Å². The van der Waals surface area contributed by atoms with Crippen LogP contribution in [0.2, 0.25) is 0 Å². The van der Waals surface area contributed by atoms with E-state index in [1.807, 2.05) is 17.9 Å². The molecule has 1 aromatic carbocycles. The largest absolute Gasteiger partial charge is 0.342 e. The molecule has 4 nitrogen and oxygen atoms in total. The van der Waals surface area contributed by atoms with E-state index in [2.05, 4.69) is 10.3 Å². The van der Waals surface area contributed by atoms with Gasteiger partial charge in [0.1, 0.15) is 17.7 Å². The van der Waals surface area contributed by atoms with E-state index >= 15 is 0 Å². The lowest BCUT2D eigenvalue weighted by molar-refractivity contribution is -0.121. The fourth-order valence-electron chi connectivity index (χ4n) is 2.07. The minimum absolute atomic E-state index is 0.0680. The fraction of sp³-hybridized carbons (Fsp3) is 0.333. The number of nitrogens with one attached hydrogen (secondary N) is 1. The van der Waals surface area contributed by atoms with Crippen LogP contribution in [0.1, 0.15) is 23.9 Å². The van der Waals surface area contributed by atoms with Gasteiger partial charge in [-0.25, -0.2) is 9.37 Å². The molecule has 1 heterocycles. The van der Waals surface area contributed by atoms with Crippen molar-refractivity contribution < 1.29 is 9.18 Å². The predicted octanol–water partition coefficient (Wildman–Crippen LogP) is 2.52. The van der Waals surface area contributed by atoms with E-state index in [-0.39, 0.29) is 11.7 Å². The number of hydrogen-bond acceptors (Lipinski definition) is 3. The monoisotopic (exact) mass is 307 g/mol. The number of carbonyl (C=O) groups excluding carboxylic acids is 1. The summed E-state index contributed by atoms with van der Waals surface area (Å²) in [5, 5.41) is 2.94. The van der Waals surface area contributed by atoms with Gasteiger partial charge in [0.25, 0.3) is 0 Å². The van der Waals surface area contributed by atoms with Crippen LogP contribution in [0.15, 0.2) is 36.7 Å². The molecular formula is C15H18FN3OS. The van der Waals surface area contributed by atoms with Crippen molar-refractivity contribution in [2.24, 2.45) is 7.05 Å². The van der Waals surface area contributed by atoms with Gasteiger partial charge in [-0.1, -0.05) is 12.1 Å². The van der Waals surface area contributed by atoms with E-state index in [4.69, 9.17) is 0 Å². The Morgan fingerprint density at radius 2 is 2.33 bits per heavy atom. The molecule has 0 radical (unpaired) electrons. The number of rotatable bonds is 6. The molecule has 6 heteroatoms. The predicted molar refractivity (Wildman–Crippen MR) is 82.6 cm³/mol. The highest BCUT2D eigenvalue weighted by Crippen LogP contribution is 2.21. The van der Waals surface area contributed by atoms with Gasteiger partial charge in [-0.15, -0.1) is 0 Å². The van der Waals surface area contributed by atoms with Gasteiger partial charge in [0.15, 0.2) is 0 Å². The van der Waals surface area contributed by atoms with Crippen molar-refractivity contribution in [2.45, 2.75) is 12.5 Å². The molecular weight excluding hydrogens is 289 g/mol. The second kappa shape index (κ2) is 7.26. The van der Waals surface area contributed by atoms with Gasteiger partial charge < -0.3 is 9.88 Å². The van der Waals surface area contributed by atoms with Gasteiger partial charge in [-0.2, -0.15) is 11.8 Å². The zero-order chi connectivity index (χ0) is 15.2. The van der Waals surface area contributed by atoms with Crippen LogP contribution in [0.5, 0.6) is 0 Å². The second-order valence-electron chi connectivity index (χ2n) is 4.69. The Hall–Kier alpha value is -1.82. The number of aromatic nitrogens is 2. The second-order valence-corrected chi connectivity index (χ2v) is 5.68. The molecule has 0 fully saturated rings. The third-order valence-electron chi connectivity index (χ3n) is 3.14. The summed E-state index contributed by atoms with van der Waals surface area (Å²) in [6.07, 6.45) is 5.85. The van der Waals surface area contributed by atoms with Gasteiger partial charge in [-0.3, -0.25) is 4.79 Å². The summed E-state index contributed by atoms with van der Waals surface area (Å²) in [5.41, 5.74) is 0.682. The molecule has 1 amide bonds. The lowest BCUT2D eigenvalue weighted by atomic mass is 10.1. The first-order valence-electron chi connectivity index (χ1n) is 6.63. The number of halogens is 1. The summed E-state index contributed by atoms with van der Waals surface area (Å²) in [6.45, 7) is 0. The fourth-order valence-corrected chi connectivity index (χ4v) is 2.46. The molecule has 2 aromatic rings. The van der Waals surface area contributed by atoms with E-state index in [0.717, 1.165) is 5.75 Å². The maximum absolute atomic E-state index is 13.5. The standard InChI is InChI=1S/C15H18FN3OS/c1-19-8-7-17-15(19)14(18-13(20)6-9-21-2)11-4-3-5-12(16)10-11/h3-5,7-8,10,14H,6,9H2,1-2H3,(H,18,20). The van der Waals surface area contributed by atoms with Gasteiger partial charge in [-0.05, 0) is 24.0 Å². The summed E-state index contributed by atoms with van der Waals surface area (Å²) >= 11 is 1.61. The van der Waals surface area contributed by atoms with Crippen LogP contribution in [-0.4, -0.2) is 27.5 Å². The third-order valence-corrected chi connectivity index (χ3v) is 3.75. The summed E-state index contributed by atoms with van der Waals surface area (Å²) in [4.78, 5) is 16.3. The van der Waals surface area contributed by atoms with Crippen LogP contribution in [0.4, 0.5) is 4.39 Å². The molecule has 1 unspecified atom stereocenters. The number of nitrogens with zero attached hydrogens (tertiary/aromatic N) is 2. The van der Waals surface area contributed by atoms with Crippen LogP contribution < -0.4 is 5.32 Å². The molecule has 2 rings (SSSR count). The number of imidazole rings is 1. The lowest BCUT2D eigenvalue weighted by Gasteiger charge is -2.19. The molecule has 1 atom stereocenters. The third kappa shape index (κ3) is 4.07. The van der Waals surface area contributed by atoms with Crippen LogP contribution in [0, 0.1) is 5.82 Å². The van der Waals surface area contributed by atoms with Crippen LogP contribution in [0.25, 0.3) is 0 Å². The Bertz CT molecular complexity index is 614. The normalized spacial score (nSPS) is 12.1. The first kappa shape index (κ1) is 15.6. The Kier molecular flexibility index (Phi) is 5.38. The Balaban J connectivity index is 2.27. The van der Waals surface area contributed by atoms with Gasteiger partial charge >= 0.3 is 0 Å². The number of thioether (sulfide) groups is 1. The van der Waals surface area contributed by atoms with Crippen molar-refractivity contribution >= 4 is 17.7 Å². The van der Waals surface area contributed by atoms with E-state index in [9.17, 15) is 9.18 Å². The maximum atomic E-state index is 13.5. The van der Waals surface area contributed by atoms with Crippen LogP contribution in [-0.2, 0) is 11.8 Å². The molecule has 1 N–H and O–H groups in total. The molecule has 0 aliphatic carbocycles. The summed E-state index contributed by atoms with van der Waals surface area (Å²) in [5.74, 6) is 1.03. The molecule has 112 valence electrons. The highest BCUT2D eigenvalue weighted by molar-refractivity contribution is 7.98. The molecule has 0 saturated heterocycles. The topological polar surface area (TPSA) is 46.9 Å². The summed E-state index contributed by atoms with van der Waals surface area (Å²) < 4.78 is 15.3. The summed E-state index contributed by atoms with van der Waals surface area (Å²) in [6, 6.07) is 5.78. The minimum atomic E-state index is -0.449. The van der Waals surface area contributed by atoms with Gasteiger partial charge in [0, 0.05) is 31.6 Å². The number of aryl methyl sites for hydroxylation is 1. The maximum Gasteiger partial charge on any atom is 0.221 e. The molecule has 1 aromatic heterocycles. The average Bonchev–Trinajstić information content (AvgIpc) is 2.88. The van der Waals surface area contributed by atoms with Crippen LogP contribution in [0.3, 0.4) is 0 Å². The van der Waals surface area contributed by atoms with Crippen molar-refractivity contribution in [1.82, 2.24) is 14.9 Å². The number of amides is 1. The molecule has 0 aliphatic rings. The van der Waals surface area contributed by atoms with E-state index in [1.54, 1.807) is 36.3 Å². The van der Waals surface area contributed by atoms with Crippen molar-refractivity contribution in [3.05, 3.63) is 53.9 Å². The quantitative estimate of drug-likeness (QED) is 0.892.